The molecule has 0 saturated carbocycles. The summed E-state index contributed by atoms with van der Waals surface area (Å²) in [6.07, 6.45) is 1.47. The van der Waals surface area contributed by atoms with Gasteiger partial charge in [-0.15, -0.1) is 11.3 Å². The predicted octanol–water partition coefficient (Wildman–Crippen LogP) is 0.490. The summed E-state index contributed by atoms with van der Waals surface area (Å²) in [5.41, 5.74) is 4.54. The molecule has 0 spiro atoms. The lowest BCUT2D eigenvalue weighted by Gasteiger charge is -2.44. The molecular weight excluding hydrogens is 320 g/mol. The third kappa shape index (κ3) is 1.68. The van der Waals surface area contributed by atoms with Gasteiger partial charge in [-0.1, -0.05) is 0 Å². The standard InChI is InChI=1S/C10H9BrN4O2S/c11-6-1-5-7(18-6)8(14-4-13-5)15-2-10(17,3-15)9(12)16/h1,4,17H,2-3H2,(H2,12,16). The number of fused-ring (bicyclic) bond motifs is 1. The van der Waals surface area contributed by atoms with E-state index in [9.17, 15) is 9.90 Å². The van der Waals surface area contributed by atoms with Gasteiger partial charge in [-0.2, -0.15) is 0 Å². The number of halogens is 1. The lowest BCUT2D eigenvalue weighted by Crippen LogP contribution is -2.68. The van der Waals surface area contributed by atoms with Crippen LogP contribution in [0.2, 0.25) is 0 Å². The molecule has 1 saturated heterocycles. The van der Waals surface area contributed by atoms with Gasteiger partial charge in [0.25, 0.3) is 5.91 Å². The average molecular weight is 329 g/mol. The molecule has 2 aromatic heterocycles. The molecular formula is C10H9BrN4O2S. The van der Waals surface area contributed by atoms with Gasteiger partial charge in [0, 0.05) is 0 Å². The van der Waals surface area contributed by atoms with Crippen molar-refractivity contribution in [3.05, 3.63) is 16.2 Å². The van der Waals surface area contributed by atoms with Gasteiger partial charge in [-0.3, -0.25) is 4.79 Å². The summed E-state index contributed by atoms with van der Waals surface area (Å²) >= 11 is 4.92. The van der Waals surface area contributed by atoms with Gasteiger partial charge in [-0.25, -0.2) is 9.97 Å². The highest BCUT2D eigenvalue weighted by atomic mass is 79.9. The number of β-amino-alcohol motifs (C(OH)–C–C–N with tert-alkyl or cyclic N) is 1. The van der Waals surface area contributed by atoms with E-state index in [0.29, 0.717) is 0 Å². The van der Waals surface area contributed by atoms with Crippen molar-refractivity contribution >= 4 is 49.2 Å². The average Bonchev–Trinajstić information content (AvgIpc) is 2.64. The van der Waals surface area contributed by atoms with Crippen molar-refractivity contribution in [1.29, 1.82) is 0 Å². The Morgan fingerprint density at radius 2 is 2.28 bits per heavy atom. The maximum absolute atomic E-state index is 11.1. The second-order valence-corrected chi connectivity index (χ2v) is 6.65. The van der Waals surface area contributed by atoms with Crippen molar-refractivity contribution < 1.29 is 9.90 Å². The molecule has 2 aromatic rings. The summed E-state index contributed by atoms with van der Waals surface area (Å²) in [6, 6.07) is 1.91. The molecule has 0 bridgehead atoms. The molecule has 94 valence electrons. The number of aromatic nitrogens is 2. The van der Waals surface area contributed by atoms with Crippen LogP contribution in [-0.2, 0) is 4.79 Å². The van der Waals surface area contributed by atoms with Gasteiger partial charge < -0.3 is 15.7 Å². The van der Waals surface area contributed by atoms with Crippen molar-refractivity contribution in [2.24, 2.45) is 5.73 Å². The maximum atomic E-state index is 11.1. The van der Waals surface area contributed by atoms with Crippen LogP contribution in [0.1, 0.15) is 0 Å². The second-order valence-electron chi connectivity index (χ2n) is 4.21. The largest absolute Gasteiger partial charge is 0.377 e. The number of carbonyl (C=O) groups excluding carboxylic acids is 1. The van der Waals surface area contributed by atoms with Gasteiger partial charge in [0.15, 0.2) is 5.60 Å². The van der Waals surface area contributed by atoms with Crippen LogP contribution in [0.25, 0.3) is 10.2 Å². The molecule has 3 heterocycles. The Morgan fingerprint density at radius 1 is 1.56 bits per heavy atom. The molecule has 8 heteroatoms. The van der Waals surface area contributed by atoms with Gasteiger partial charge in [0.1, 0.15) is 12.1 Å². The van der Waals surface area contributed by atoms with Crippen LogP contribution in [0.3, 0.4) is 0 Å². The van der Waals surface area contributed by atoms with Crippen molar-refractivity contribution in [1.82, 2.24) is 9.97 Å². The Hall–Kier alpha value is -1.25. The fraction of sp³-hybridized carbons (Fsp3) is 0.300. The van der Waals surface area contributed by atoms with Crippen LogP contribution in [-0.4, -0.2) is 39.7 Å². The van der Waals surface area contributed by atoms with E-state index < -0.39 is 11.5 Å². The van der Waals surface area contributed by atoms with E-state index in [1.54, 1.807) is 0 Å². The predicted molar refractivity (Wildman–Crippen MR) is 71.5 cm³/mol. The monoisotopic (exact) mass is 328 g/mol. The van der Waals surface area contributed by atoms with E-state index in [1.165, 1.54) is 17.7 Å². The molecule has 1 amide bonds. The quantitative estimate of drug-likeness (QED) is 0.837. The first-order valence-electron chi connectivity index (χ1n) is 5.17. The molecule has 3 rings (SSSR count). The zero-order valence-corrected chi connectivity index (χ0v) is 11.5. The second kappa shape index (κ2) is 3.87. The molecule has 0 aliphatic carbocycles. The summed E-state index contributed by atoms with van der Waals surface area (Å²) in [5, 5.41) is 9.83. The normalized spacial score (nSPS) is 17.8. The van der Waals surface area contributed by atoms with E-state index in [-0.39, 0.29) is 13.1 Å². The number of hydrogen-bond acceptors (Lipinski definition) is 6. The number of rotatable bonds is 2. The number of hydrogen-bond donors (Lipinski definition) is 2. The van der Waals surface area contributed by atoms with Crippen LogP contribution < -0.4 is 10.6 Å². The van der Waals surface area contributed by atoms with Gasteiger partial charge in [0.05, 0.1) is 27.1 Å². The number of anilines is 1. The fourth-order valence-electron chi connectivity index (χ4n) is 1.93. The summed E-state index contributed by atoms with van der Waals surface area (Å²) in [4.78, 5) is 21.2. The smallest absolute Gasteiger partial charge is 0.253 e. The molecule has 1 aliphatic heterocycles. The summed E-state index contributed by atoms with van der Waals surface area (Å²) in [5.74, 6) is 0.0260. The number of carbonyl (C=O) groups is 1. The lowest BCUT2D eigenvalue weighted by atomic mass is 9.93. The minimum atomic E-state index is -1.44. The molecule has 1 fully saturated rings. The van der Waals surface area contributed by atoms with E-state index >= 15 is 0 Å². The van der Waals surface area contributed by atoms with Crippen molar-refractivity contribution in [3.8, 4) is 0 Å². The Kier molecular flexibility index (Phi) is 2.54. The van der Waals surface area contributed by atoms with Gasteiger partial charge in [0.2, 0.25) is 0 Å². The Balaban J connectivity index is 1.95. The molecule has 0 atom stereocenters. The SMILES string of the molecule is NC(=O)C1(O)CN(c2ncnc3cc(Br)sc23)C1. The number of thiophene rings is 1. The van der Waals surface area contributed by atoms with Crippen molar-refractivity contribution in [2.45, 2.75) is 5.60 Å². The third-order valence-corrected chi connectivity index (χ3v) is 4.55. The summed E-state index contributed by atoms with van der Waals surface area (Å²) in [7, 11) is 0. The molecule has 0 aromatic carbocycles. The van der Waals surface area contributed by atoms with E-state index in [2.05, 4.69) is 25.9 Å². The van der Waals surface area contributed by atoms with Crippen LogP contribution in [0, 0.1) is 0 Å². The zero-order chi connectivity index (χ0) is 12.9. The van der Waals surface area contributed by atoms with Crippen LogP contribution in [0.15, 0.2) is 16.2 Å². The van der Waals surface area contributed by atoms with Crippen LogP contribution >= 0.6 is 27.3 Å². The Labute approximate surface area is 115 Å². The summed E-state index contributed by atoms with van der Waals surface area (Å²) < 4.78 is 1.89. The highest BCUT2D eigenvalue weighted by Gasteiger charge is 2.47. The van der Waals surface area contributed by atoms with Crippen molar-refractivity contribution in [3.63, 3.8) is 0 Å². The van der Waals surface area contributed by atoms with Crippen molar-refractivity contribution in [2.75, 3.05) is 18.0 Å². The molecule has 1 aliphatic rings. The molecule has 6 nitrogen and oxygen atoms in total. The topological polar surface area (TPSA) is 92.3 Å². The molecule has 3 N–H and O–H groups in total. The first kappa shape index (κ1) is 11.8. The molecule has 18 heavy (non-hydrogen) atoms. The number of amides is 1. The first-order valence-corrected chi connectivity index (χ1v) is 6.78. The van der Waals surface area contributed by atoms with Gasteiger partial charge >= 0.3 is 0 Å². The Morgan fingerprint density at radius 3 is 2.94 bits per heavy atom. The highest BCUT2D eigenvalue weighted by Crippen LogP contribution is 2.37. The molecule has 0 radical (unpaired) electrons. The van der Waals surface area contributed by atoms with Crippen LogP contribution in [0.5, 0.6) is 0 Å². The van der Waals surface area contributed by atoms with Gasteiger partial charge in [-0.05, 0) is 22.0 Å². The number of aliphatic hydroxyl groups is 1. The lowest BCUT2D eigenvalue weighted by molar-refractivity contribution is -0.138. The fourth-order valence-corrected chi connectivity index (χ4v) is 3.49. The first-order chi connectivity index (χ1) is 8.49. The van der Waals surface area contributed by atoms with E-state index in [4.69, 9.17) is 5.73 Å². The van der Waals surface area contributed by atoms with Crippen LogP contribution in [0.4, 0.5) is 5.82 Å². The molecule has 0 unspecified atom stereocenters. The maximum Gasteiger partial charge on any atom is 0.253 e. The number of primary amides is 1. The zero-order valence-electron chi connectivity index (χ0n) is 9.13. The Bertz CT molecular complexity index is 638. The summed E-state index contributed by atoms with van der Waals surface area (Å²) in [6.45, 7) is 0.341. The highest BCUT2D eigenvalue weighted by molar-refractivity contribution is 9.11. The number of nitrogens with two attached hydrogens (primary N) is 1. The van der Waals surface area contributed by atoms with E-state index in [1.807, 2.05) is 11.0 Å². The minimum Gasteiger partial charge on any atom is -0.377 e. The number of nitrogens with zero attached hydrogens (tertiary/aromatic N) is 3. The van der Waals surface area contributed by atoms with E-state index in [0.717, 1.165) is 19.8 Å². The third-order valence-electron chi connectivity index (χ3n) is 2.93. The minimum absolute atomic E-state index is 0.171.